The number of rotatable bonds is 12. The van der Waals surface area contributed by atoms with Crippen LogP contribution in [0.25, 0.3) is 11.0 Å². The zero-order chi connectivity index (χ0) is 28.8. The predicted molar refractivity (Wildman–Crippen MR) is 158 cm³/mol. The molecule has 2 aliphatic heterocycles. The second-order valence-corrected chi connectivity index (χ2v) is 10.7. The summed E-state index contributed by atoms with van der Waals surface area (Å²) in [6.07, 6.45) is 8.70. The van der Waals surface area contributed by atoms with Crippen LogP contribution in [0.3, 0.4) is 0 Å². The number of urea groups is 1. The van der Waals surface area contributed by atoms with E-state index in [4.69, 9.17) is 14.2 Å². The number of anilines is 1. The van der Waals surface area contributed by atoms with Crippen LogP contribution in [0.2, 0.25) is 0 Å². The highest BCUT2D eigenvalue weighted by Gasteiger charge is 2.29. The third kappa shape index (κ3) is 6.43. The van der Waals surface area contributed by atoms with Crippen LogP contribution in [0.5, 0.6) is 11.5 Å². The lowest BCUT2D eigenvalue weighted by Crippen LogP contribution is -2.49. The normalized spacial score (nSPS) is 17.5. The van der Waals surface area contributed by atoms with Gasteiger partial charge in [-0.05, 0) is 49.1 Å². The minimum Gasteiger partial charge on any atom is -0.493 e. The Bertz CT molecular complexity index is 1360. The number of amides is 3. The van der Waals surface area contributed by atoms with Gasteiger partial charge >= 0.3 is 6.03 Å². The van der Waals surface area contributed by atoms with Gasteiger partial charge in [0, 0.05) is 69.4 Å². The summed E-state index contributed by atoms with van der Waals surface area (Å²) in [6.45, 7) is 6.12. The summed E-state index contributed by atoms with van der Waals surface area (Å²) >= 11 is 0. The molecule has 2 saturated heterocycles. The van der Waals surface area contributed by atoms with E-state index in [1.807, 2.05) is 55.8 Å². The third-order valence-corrected chi connectivity index (χ3v) is 8.03. The fourth-order valence-corrected chi connectivity index (χ4v) is 5.66. The Morgan fingerprint density at radius 3 is 2.73 bits per heavy atom. The lowest BCUT2D eigenvalue weighted by molar-refractivity contribution is -0.131. The van der Waals surface area contributed by atoms with Crippen molar-refractivity contribution in [2.45, 2.75) is 58.2 Å². The number of unbranched alkanes of at least 4 members (excludes halogenated alkanes) is 2. The zero-order valence-corrected chi connectivity index (χ0v) is 24.4. The molecule has 10 nitrogen and oxygen atoms in total. The molecule has 220 valence electrons. The van der Waals surface area contributed by atoms with Crippen molar-refractivity contribution in [1.82, 2.24) is 19.4 Å². The molecule has 0 N–H and O–H groups in total. The standard InChI is InChI=1S/C31H41N5O5/c1-4-5-6-18-41-28-19-24(8-9-27(28)40-3)36-15-7-14-35(31(36)38)20-23-10-13-32-30-26(23)12-17-34(30)22-29(37)33-16-11-25(21-33)39-2/h8-10,12-13,17,19,25H,4-7,11,14-16,18,20-22H2,1-3H3/t25-/m1/s1. The molecule has 3 aromatic rings. The van der Waals surface area contributed by atoms with E-state index in [0.717, 1.165) is 54.4 Å². The highest BCUT2D eigenvalue weighted by atomic mass is 16.5. The number of hydrogen-bond donors (Lipinski definition) is 0. The molecule has 1 aromatic carbocycles. The quantitative estimate of drug-likeness (QED) is 0.297. The van der Waals surface area contributed by atoms with Crippen molar-refractivity contribution in [2.75, 3.05) is 51.9 Å². The van der Waals surface area contributed by atoms with Crippen molar-refractivity contribution in [2.24, 2.45) is 0 Å². The molecule has 2 fully saturated rings. The number of carbonyl (C=O) groups is 2. The van der Waals surface area contributed by atoms with Crippen LogP contribution < -0.4 is 14.4 Å². The molecule has 2 aromatic heterocycles. The number of pyridine rings is 1. The van der Waals surface area contributed by atoms with Gasteiger partial charge in [-0.15, -0.1) is 0 Å². The van der Waals surface area contributed by atoms with Gasteiger partial charge in [0.2, 0.25) is 5.91 Å². The van der Waals surface area contributed by atoms with Gasteiger partial charge < -0.3 is 28.6 Å². The van der Waals surface area contributed by atoms with Crippen LogP contribution in [-0.2, 0) is 22.6 Å². The van der Waals surface area contributed by atoms with E-state index >= 15 is 0 Å². The molecule has 0 radical (unpaired) electrons. The van der Waals surface area contributed by atoms with Gasteiger partial charge in [0.1, 0.15) is 12.2 Å². The van der Waals surface area contributed by atoms with Crippen LogP contribution in [0, 0.1) is 0 Å². The average molecular weight is 564 g/mol. The van der Waals surface area contributed by atoms with Gasteiger partial charge in [-0.25, -0.2) is 9.78 Å². The number of hydrogen-bond acceptors (Lipinski definition) is 6. The number of nitrogens with zero attached hydrogens (tertiary/aromatic N) is 5. The summed E-state index contributed by atoms with van der Waals surface area (Å²) in [5, 5.41) is 0.952. The maximum atomic E-state index is 13.7. The molecule has 0 unspecified atom stereocenters. The van der Waals surface area contributed by atoms with Gasteiger partial charge in [0.25, 0.3) is 0 Å². The van der Waals surface area contributed by atoms with E-state index in [1.54, 1.807) is 20.4 Å². The van der Waals surface area contributed by atoms with Crippen LogP contribution in [0.1, 0.15) is 44.6 Å². The molecule has 5 rings (SSSR count). The summed E-state index contributed by atoms with van der Waals surface area (Å²) < 4.78 is 18.8. The predicted octanol–water partition coefficient (Wildman–Crippen LogP) is 4.69. The molecule has 10 heteroatoms. The lowest BCUT2D eigenvalue weighted by atomic mass is 10.1. The van der Waals surface area contributed by atoms with Crippen molar-refractivity contribution in [3.8, 4) is 11.5 Å². The molecule has 3 amide bonds. The smallest absolute Gasteiger partial charge is 0.324 e. The molecule has 0 spiro atoms. The fraction of sp³-hybridized carbons (Fsp3) is 0.516. The SMILES string of the molecule is CCCCCOc1cc(N2CCCN(Cc3ccnc4c3ccn4CC(=O)N3CC[C@@H](OC)C3)C2=O)ccc1OC. The number of ether oxygens (including phenoxy) is 3. The van der Waals surface area contributed by atoms with Crippen LogP contribution in [0.4, 0.5) is 10.5 Å². The summed E-state index contributed by atoms with van der Waals surface area (Å²) in [6, 6.07) is 9.59. The van der Waals surface area contributed by atoms with E-state index in [0.29, 0.717) is 50.8 Å². The topological polar surface area (TPSA) is 89.4 Å². The van der Waals surface area contributed by atoms with Crippen LogP contribution >= 0.6 is 0 Å². The van der Waals surface area contributed by atoms with E-state index in [-0.39, 0.29) is 24.6 Å². The second kappa shape index (κ2) is 13.2. The van der Waals surface area contributed by atoms with Crippen molar-refractivity contribution >= 4 is 28.7 Å². The molecular formula is C31H41N5O5. The first kappa shape index (κ1) is 28.7. The fourth-order valence-electron chi connectivity index (χ4n) is 5.66. The summed E-state index contributed by atoms with van der Waals surface area (Å²) in [7, 11) is 3.32. The maximum absolute atomic E-state index is 13.7. The highest BCUT2D eigenvalue weighted by Crippen LogP contribution is 2.34. The largest absolute Gasteiger partial charge is 0.493 e. The van der Waals surface area contributed by atoms with E-state index in [1.165, 1.54) is 0 Å². The van der Waals surface area contributed by atoms with Crippen LogP contribution in [0.15, 0.2) is 42.7 Å². The Balaban J connectivity index is 1.29. The number of benzene rings is 1. The Hall–Kier alpha value is -3.79. The number of carbonyl (C=O) groups excluding carboxylic acids is 2. The Labute approximate surface area is 241 Å². The monoisotopic (exact) mass is 563 g/mol. The Morgan fingerprint density at radius 1 is 1.07 bits per heavy atom. The maximum Gasteiger partial charge on any atom is 0.324 e. The molecule has 1 atom stereocenters. The zero-order valence-electron chi connectivity index (χ0n) is 24.4. The Morgan fingerprint density at radius 2 is 1.95 bits per heavy atom. The second-order valence-electron chi connectivity index (χ2n) is 10.7. The number of methoxy groups -OCH3 is 2. The van der Waals surface area contributed by atoms with E-state index < -0.39 is 0 Å². The number of aromatic nitrogens is 2. The minimum atomic E-state index is -0.0420. The van der Waals surface area contributed by atoms with Gasteiger partial charge in [-0.3, -0.25) is 9.69 Å². The molecule has 0 saturated carbocycles. The molecule has 2 aliphatic rings. The third-order valence-electron chi connectivity index (χ3n) is 8.03. The van der Waals surface area contributed by atoms with E-state index in [9.17, 15) is 9.59 Å². The highest BCUT2D eigenvalue weighted by molar-refractivity contribution is 5.93. The van der Waals surface area contributed by atoms with Crippen molar-refractivity contribution < 1.29 is 23.8 Å². The van der Waals surface area contributed by atoms with Crippen molar-refractivity contribution in [1.29, 1.82) is 0 Å². The van der Waals surface area contributed by atoms with Crippen LogP contribution in [-0.4, -0.2) is 84.4 Å². The van der Waals surface area contributed by atoms with Crippen molar-refractivity contribution in [3.63, 3.8) is 0 Å². The molecule has 0 bridgehead atoms. The van der Waals surface area contributed by atoms with E-state index in [2.05, 4.69) is 11.9 Å². The first-order valence-electron chi connectivity index (χ1n) is 14.6. The Kier molecular flexibility index (Phi) is 9.28. The first-order valence-corrected chi connectivity index (χ1v) is 14.6. The molecule has 4 heterocycles. The summed E-state index contributed by atoms with van der Waals surface area (Å²) in [5.74, 6) is 1.38. The molecule has 0 aliphatic carbocycles. The number of fused-ring (bicyclic) bond motifs is 1. The minimum absolute atomic E-state index is 0.0420. The first-order chi connectivity index (χ1) is 20.0. The molecule has 41 heavy (non-hydrogen) atoms. The van der Waals surface area contributed by atoms with Gasteiger partial charge in [-0.2, -0.15) is 0 Å². The average Bonchev–Trinajstić information content (AvgIpc) is 3.64. The van der Waals surface area contributed by atoms with Gasteiger partial charge in [-0.1, -0.05) is 19.8 Å². The summed E-state index contributed by atoms with van der Waals surface area (Å²) in [4.78, 5) is 36.7. The van der Waals surface area contributed by atoms with Gasteiger partial charge in [0.15, 0.2) is 11.5 Å². The van der Waals surface area contributed by atoms with Gasteiger partial charge in [0.05, 0.1) is 19.8 Å². The number of likely N-dealkylation sites (tertiary alicyclic amines) is 1. The van der Waals surface area contributed by atoms with Crippen molar-refractivity contribution in [3.05, 3.63) is 48.3 Å². The lowest BCUT2D eigenvalue weighted by Gasteiger charge is -2.36. The molecular weight excluding hydrogens is 522 g/mol. The summed E-state index contributed by atoms with van der Waals surface area (Å²) in [5.41, 5.74) is 2.56.